The maximum Gasteiger partial charge on any atom is 0.222 e. The number of carbonyl (C=O) groups excluding carboxylic acids is 1. The molecule has 7 heteroatoms. The zero-order chi connectivity index (χ0) is 18.4. The Labute approximate surface area is 181 Å². The van der Waals surface area contributed by atoms with Gasteiger partial charge in [-0.2, -0.15) is 0 Å². The minimum absolute atomic E-state index is 0. The van der Waals surface area contributed by atoms with Gasteiger partial charge in [0.2, 0.25) is 5.91 Å². The summed E-state index contributed by atoms with van der Waals surface area (Å²) in [7, 11) is 3.72. The second-order valence-electron chi connectivity index (χ2n) is 8.40. The lowest BCUT2D eigenvalue weighted by Crippen LogP contribution is -2.53. The lowest BCUT2D eigenvalue weighted by atomic mass is 9.89. The van der Waals surface area contributed by atoms with Crippen molar-refractivity contribution >= 4 is 35.8 Å². The zero-order valence-electron chi connectivity index (χ0n) is 17.1. The molecule has 0 spiro atoms. The van der Waals surface area contributed by atoms with E-state index in [2.05, 4.69) is 20.5 Å². The third-order valence-electron chi connectivity index (χ3n) is 6.41. The third kappa shape index (κ3) is 6.76. The molecular formula is C20H38IN5O. The summed E-state index contributed by atoms with van der Waals surface area (Å²) >= 11 is 0. The van der Waals surface area contributed by atoms with Crippen LogP contribution in [-0.4, -0.2) is 74.0 Å². The predicted octanol–water partition coefficient (Wildman–Crippen LogP) is 2.43. The van der Waals surface area contributed by atoms with Gasteiger partial charge in [-0.1, -0.05) is 19.3 Å². The Balaban J connectivity index is 0.00000261. The highest BCUT2D eigenvalue weighted by atomic mass is 127. The number of likely N-dealkylation sites (N-methyl/N-ethyl adjacent to an activating group) is 1. The van der Waals surface area contributed by atoms with Gasteiger partial charge in [0.1, 0.15) is 0 Å². The molecule has 156 valence electrons. The summed E-state index contributed by atoms with van der Waals surface area (Å²) in [6.45, 7) is 4.27. The van der Waals surface area contributed by atoms with Crippen molar-refractivity contribution in [1.29, 1.82) is 0 Å². The van der Waals surface area contributed by atoms with Crippen molar-refractivity contribution in [3.8, 4) is 0 Å². The number of likely N-dealkylation sites (tertiary alicyclic amines) is 2. The standard InChI is InChI=1S/C20H37N5O.HI/c1-21-20(23-17-10-11-19(26)24(2)15-17)22-13-18-9-6-12-25(18)14-16-7-4-3-5-8-16;/h16-18H,3-15H2,1-2H3,(H2,21,22,23);1H. The molecule has 27 heavy (non-hydrogen) atoms. The van der Waals surface area contributed by atoms with Crippen molar-refractivity contribution in [1.82, 2.24) is 20.4 Å². The van der Waals surface area contributed by atoms with Gasteiger partial charge in [0.05, 0.1) is 0 Å². The zero-order valence-corrected chi connectivity index (χ0v) is 19.4. The van der Waals surface area contributed by atoms with Gasteiger partial charge in [-0.25, -0.2) is 0 Å². The molecule has 0 bridgehead atoms. The summed E-state index contributed by atoms with van der Waals surface area (Å²) in [6, 6.07) is 0.928. The van der Waals surface area contributed by atoms with E-state index in [4.69, 9.17) is 0 Å². The van der Waals surface area contributed by atoms with Gasteiger partial charge in [-0.15, -0.1) is 24.0 Å². The van der Waals surface area contributed by atoms with Crippen molar-refractivity contribution in [3.05, 3.63) is 0 Å². The highest BCUT2D eigenvalue weighted by Gasteiger charge is 2.28. The SMILES string of the molecule is CN=C(NCC1CCCN1CC1CCCCC1)NC1CCC(=O)N(C)C1.I. The van der Waals surface area contributed by atoms with E-state index in [0.717, 1.165) is 31.4 Å². The van der Waals surface area contributed by atoms with Crippen LogP contribution in [0.15, 0.2) is 4.99 Å². The first-order chi connectivity index (χ1) is 12.7. The molecule has 3 fully saturated rings. The molecule has 0 aromatic rings. The molecule has 2 N–H and O–H groups in total. The largest absolute Gasteiger partial charge is 0.355 e. The predicted molar refractivity (Wildman–Crippen MR) is 122 cm³/mol. The smallest absolute Gasteiger partial charge is 0.222 e. The van der Waals surface area contributed by atoms with E-state index < -0.39 is 0 Å². The van der Waals surface area contributed by atoms with Crippen molar-refractivity contribution in [2.75, 3.05) is 40.3 Å². The molecule has 6 nitrogen and oxygen atoms in total. The Morgan fingerprint density at radius 2 is 1.93 bits per heavy atom. The van der Waals surface area contributed by atoms with E-state index >= 15 is 0 Å². The number of guanidine groups is 1. The molecule has 3 rings (SSSR count). The minimum Gasteiger partial charge on any atom is -0.355 e. The molecule has 1 aliphatic carbocycles. The fourth-order valence-corrected chi connectivity index (χ4v) is 4.80. The van der Waals surface area contributed by atoms with Crippen LogP contribution in [0.25, 0.3) is 0 Å². The highest BCUT2D eigenvalue weighted by molar-refractivity contribution is 14.0. The first kappa shape index (κ1) is 22.7. The fraction of sp³-hybridized carbons (Fsp3) is 0.900. The fourth-order valence-electron chi connectivity index (χ4n) is 4.80. The summed E-state index contributed by atoms with van der Waals surface area (Å²) in [5.41, 5.74) is 0. The van der Waals surface area contributed by atoms with Crippen LogP contribution in [0, 0.1) is 5.92 Å². The summed E-state index contributed by atoms with van der Waals surface area (Å²) in [5.74, 6) is 2.04. The molecule has 0 radical (unpaired) electrons. The second kappa shape index (κ2) is 11.4. The van der Waals surface area contributed by atoms with Crippen LogP contribution < -0.4 is 10.6 Å². The van der Waals surface area contributed by atoms with Crippen LogP contribution >= 0.6 is 24.0 Å². The van der Waals surface area contributed by atoms with Crippen molar-refractivity contribution in [3.63, 3.8) is 0 Å². The molecule has 2 saturated heterocycles. The molecular weight excluding hydrogens is 453 g/mol. The van der Waals surface area contributed by atoms with Gasteiger partial charge in [-0.3, -0.25) is 14.7 Å². The van der Waals surface area contributed by atoms with Gasteiger partial charge >= 0.3 is 0 Å². The molecule has 2 unspecified atom stereocenters. The van der Waals surface area contributed by atoms with E-state index in [-0.39, 0.29) is 29.9 Å². The number of rotatable bonds is 5. The molecule has 1 amide bonds. The van der Waals surface area contributed by atoms with Gasteiger partial charge < -0.3 is 15.5 Å². The van der Waals surface area contributed by atoms with Crippen LogP contribution in [0.4, 0.5) is 0 Å². The van der Waals surface area contributed by atoms with Crippen molar-refractivity contribution in [2.45, 2.75) is 69.9 Å². The average molecular weight is 491 g/mol. The quantitative estimate of drug-likeness (QED) is 0.353. The van der Waals surface area contributed by atoms with Crippen LogP contribution in [0.5, 0.6) is 0 Å². The number of hydrogen-bond donors (Lipinski definition) is 2. The number of carbonyl (C=O) groups is 1. The lowest BCUT2D eigenvalue weighted by molar-refractivity contribution is -0.132. The number of hydrogen-bond acceptors (Lipinski definition) is 3. The summed E-state index contributed by atoms with van der Waals surface area (Å²) in [4.78, 5) is 20.6. The Bertz CT molecular complexity index is 495. The Kier molecular flexibility index (Phi) is 9.62. The van der Waals surface area contributed by atoms with Gasteiger partial charge in [0.15, 0.2) is 5.96 Å². The molecule has 2 aliphatic heterocycles. The van der Waals surface area contributed by atoms with E-state index in [1.807, 2.05) is 19.0 Å². The highest BCUT2D eigenvalue weighted by Crippen LogP contribution is 2.27. The second-order valence-corrected chi connectivity index (χ2v) is 8.40. The van der Waals surface area contributed by atoms with Gasteiger partial charge in [-0.05, 0) is 44.6 Å². The number of aliphatic imine (C=N–C) groups is 1. The molecule has 2 heterocycles. The molecule has 0 aromatic carbocycles. The Morgan fingerprint density at radius 3 is 2.63 bits per heavy atom. The monoisotopic (exact) mass is 491 g/mol. The molecule has 3 aliphatic rings. The third-order valence-corrected chi connectivity index (χ3v) is 6.41. The molecule has 2 atom stereocenters. The number of nitrogens with one attached hydrogen (secondary N) is 2. The Morgan fingerprint density at radius 1 is 1.15 bits per heavy atom. The average Bonchev–Trinajstić information content (AvgIpc) is 3.09. The summed E-state index contributed by atoms with van der Waals surface area (Å²) < 4.78 is 0. The van der Waals surface area contributed by atoms with E-state index in [9.17, 15) is 4.79 Å². The van der Waals surface area contributed by atoms with Gasteiger partial charge in [0, 0.05) is 52.2 Å². The van der Waals surface area contributed by atoms with Gasteiger partial charge in [0.25, 0.3) is 0 Å². The number of amides is 1. The normalized spacial score (nSPS) is 28.1. The van der Waals surface area contributed by atoms with Crippen molar-refractivity contribution < 1.29 is 4.79 Å². The minimum atomic E-state index is 0. The lowest BCUT2D eigenvalue weighted by Gasteiger charge is -2.33. The first-order valence-corrected chi connectivity index (χ1v) is 10.6. The van der Waals surface area contributed by atoms with Crippen molar-refractivity contribution in [2.24, 2.45) is 10.9 Å². The van der Waals surface area contributed by atoms with Crippen LogP contribution in [0.1, 0.15) is 57.8 Å². The topological polar surface area (TPSA) is 60.0 Å². The number of halogens is 1. The van der Waals surface area contributed by atoms with Crippen LogP contribution in [0.2, 0.25) is 0 Å². The maximum atomic E-state index is 11.6. The Hall–Kier alpha value is -0.570. The number of piperidine rings is 1. The number of nitrogens with zero attached hydrogens (tertiary/aromatic N) is 3. The molecule has 0 aromatic heterocycles. The first-order valence-electron chi connectivity index (χ1n) is 10.6. The van der Waals surface area contributed by atoms with E-state index in [1.54, 1.807) is 0 Å². The van der Waals surface area contributed by atoms with Crippen LogP contribution in [-0.2, 0) is 4.79 Å². The maximum absolute atomic E-state index is 11.6. The van der Waals surface area contributed by atoms with E-state index in [0.29, 0.717) is 18.5 Å². The van der Waals surface area contributed by atoms with E-state index in [1.165, 1.54) is 58.0 Å². The molecule has 1 saturated carbocycles. The van der Waals surface area contributed by atoms with Crippen LogP contribution in [0.3, 0.4) is 0 Å². The summed E-state index contributed by atoms with van der Waals surface area (Å²) in [6.07, 6.45) is 11.3. The summed E-state index contributed by atoms with van der Waals surface area (Å²) in [5, 5.41) is 7.05.